The Hall–Kier alpha value is -1.88. The van der Waals surface area contributed by atoms with Gasteiger partial charge in [0, 0.05) is 18.2 Å². The molecule has 0 radical (unpaired) electrons. The van der Waals surface area contributed by atoms with Gasteiger partial charge in [-0.1, -0.05) is 12.5 Å². The molecule has 1 fully saturated rings. The van der Waals surface area contributed by atoms with Crippen LogP contribution >= 0.6 is 0 Å². The number of nitrogens with zero attached hydrogens (tertiary/aromatic N) is 1. The smallest absolute Gasteiger partial charge is 0.335 e. The lowest BCUT2D eigenvalue weighted by atomic mass is 10.1. The molecule has 1 saturated heterocycles. The summed E-state index contributed by atoms with van der Waals surface area (Å²) in [5, 5.41) is 11.9. The van der Waals surface area contributed by atoms with Crippen molar-refractivity contribution in [3.63, 3.8) is 0 Å². The highest BCUT2D eigenvalue weighted by molar-refractivity contribution is 5.97. The monoisotopic (exact) mass is 290 g/mol. The fourth-order valence-electron chi connectivity index (χ4n) is 2.68. The zero-order valence-electron chi connectivity index (χ0n) is 12.3. The number of nitrogens with one attached hydrogen (secondary N) is 1. The molecule has 2 N–H and O–H groups in total. The molecule has 0 bridgehead atoms. The van der Waals surface area contributed by atoms with Crippen LogP contribution in [0, 0.1) is 0 Å². The highest BCUT2D eigenvalue weighted by atomic mass is 16.4. The Balaban J connectivity index is 1.90. The van der Waals surface area contributed by atoms with Gasteiger partial charge in [0.2, 0.25) is 0 Å². The van der Waals surface area contributed by atoms with E-state index in [-0.39, 0.29) is 17.5 Å². The molecule has 21 heavy (non-hydrogen) atoms. The average Bonchev–Trinajstić information content (AvgIpc) is 2.48. The summed E-state index contributed by atoms with van der Waals surface area (Å²) >= 11 is 0. The quantitative estimate of drug-likeness (QED) is 0.870. The van der Waals surface area contributed by atoms with Gasteiger partial charge in [-0.25, -0.2) is 4.79 Å². The molecule has 5 heteroatoms. The molecule has 2 rings (SSSR count). The third-order valence-corrected chi connectivity index (χ3v) is 3.73. The molecule has 5 nitrogen and oxygen atoms in total. The first-order valence-corrected chi connectivity index (χ1v) is 7.43. The van der Waals surface area contributed by atoms with Crippen molar-refractivity contribution in [1.29, 1.82) is 0 Å². The number of likely N-dealkylation sites (tertiary alicyclic amines) is 1. The van der Waals surface area contributed by atoms with Crippen LogP contribution in [-0.4, -0.2) is 47.6 Å². The molecule has 1 aliphatic heterocycles. The molecule has 1 aromatic carbocycles. The number of hydrogen-bond acceptors (Lipinski definition) is 3. The summed E-state index contributed by atoms with van der Waals surface area (Å²) in [6.07, 6.45) is 3.74. The molecule has 114 valence electrons. The molecule has 1 atom stereocenters. The van der Waals surface area contributed by atoms with E-state index in [0.29, 0.717) is 5.56 Å². The van der Waals surface area contributed by atoms with Crippen molar-refractivity contribution >= 4 is 11.9 Å². The second kappa shape index (κ2) is 7.22. The Kier molecular flexibility index (Phi) is 5.33. The minimum atomic E-state index is -1.02. The van der Waals surface area contributed by atoms with Crippen molar-refractivity contribution in [2.24, 2.45) is 0 Å². The molecule has 1 unspecified atom stereocenters. The van der Waals surface area contributed by atoms with Crippen molar-refractivity contribution in [3.8, 4) is 0 Å². The van der Waals surface area contributed by atoms with Crippen molar-refractivity contribution in [1.82, 2.24) is 10.2 Å². The van der Waals surface area contributed by atoms with Gasteiger partial charge in [-0.05, 0) is 51.1 Å². The number of rotatable bonds is 5. The highest BCUT2D eigenvalue weighted by Crippen LogP contribution is 2.09. The van der Waals surface area contributed by atoms with E-state index in [1.54, 1.807) is 12.1 Å². The Morgan fingerprint density at radius 2 is 1.90 bits per heavy atom. The first kappa shape index (κ1) is 15.5. The summed E-state index contributed by atoms with van der Waals surface area (Å²) in [5.41, 5.74) is 0.520. The maximum absolute atomic E-state index is 12.1. The van der Waals surface area contributed by atoms with E-state index in [2.05, 4.69) is 10.2 Å². The number of hydrogen-bond donors (Lipinski definition) is 2. The highest BCUT2D eigenvalue weighted by Gasteiger charge is 2.16. The molecule has 0 saturated carbocycles. The largest absolute Gasteiger partial charge is 0.478 e. The molecule has 0 aromatic heterocycles. The molecule has 0 spiro atoms. The van der Waals surface area contributed by atoms with E-state index in [4.69, 9.17) is 5.11 Å². The Labute approximate surface area is 125 Å². The maximum Gasteiger partial charge on any atom is 0.335 e. The SMILES string of the molecule is CC(CN1CCCCC1)NC(=O)c1cccc(C(=O)O)c1. The van der Waals surface area contributed by atoms with Crippen molar-refractivity contribution < 1.29 is 14.7 Å². The maximum atomic E-state index is 12.1. The molecule has 1 heterocycles. The molecule has 1 aliphatic rings. The third-order valence-electron chi connectivity index (χ3n) is 3.73. The van der Waals surface area contributed by atoms with E-state index in [1.165, 1.54) is 31.4 Å². The van der Waals surface area contributed by atoms with Gasteiger partial charge in [-0.2, -0.15) is 0 Å². The van der Waals surface area contributed by atoms with Crippen LogP contribution in [0.1, 0.15) is 46.9 Å². The lowest BCUT2D eigenvalue weighted by Crippen LogP contribution is -2.43. The van der Waals surface area contributed by atoms with E-state index < -0.39 is 5.97 Å². The number of piperidine rings is 1. The summed E-state index contributed by atoms with van der Waals surface area (Å²) in [6.45, 7) is 5.00. The topological polar surface area (TPSA) is 69.6 Å². The van der Waals surface area contributed by atoms with Gasteiger partial charge >= 0.3 is 5.97 Å². The van der Waals surface area contributed by atoms with Crippen LogP contribution in [0.2, 0.25) is 0 Å². The predicted molar refractivity (Wildman–Crippen MR) is 80.6 cm³/mol. The number of carbonyl (C=O) groups excluding carboxylic acids is 1. The normalized spacial score (nSPS) is 17.2. The zero-order chi connectivity index (χ0) is 15.2. The Bertz CT molecular complexity index is 510. The number of aromatic carboxylic acids is 1. The molecule has 1 amide bonds. The summed E-state index contributed by atoms with van der Waals surface area (Å²) in [5.74, 6) is -1.24. The fourth-order valence-corrected chi connectivity index (χ4v) is 2.68. The van der Waals surface area contributed by atoms with Crippen LogP contribution < -0.4 is 5.32 Å². The number of amides is 1. The summed E-state index contributed by atoms with van der Waals surface area (Å²) in [6, 6.07) is 6.16. The second-order valence-corrected chi connectivity index (χ2v) is 5.62. The van der Waals surface area contributed by atoms with Crippen LogP contribution in [0.3, 0.4) is 0 Å². The Morgan fingerprint density at radius 1 is 1.24 bits per heavy atom. The molecule has 0 aliphatic carbocycles. The number of carboxylic acids is 1. The number of benzene rings is 1. The van der Waals surface area contributed by atoms with Crippen molar-refractivity contribution in [2.45, 2.75) is 32.2 Å². The summed E-state index contributed by atoms with van der Waals surface area (Å²) < 4.78 is 0. The summed E-state index contributed by atoms with van der Waals surface area (Å²) in [7, 11) is 0. The second-order valence-electron chi connectivity index (χ2n) is 5.62. The third kappa shape index (κ3) is 4.56. The zero-order valence-corrected chi connectivity index (χ0v) is 12.3. The van der Waals surface area contributed by atoms with Gasteiger partial charge in [0.15, 0.2) is 0 Å². The Morgan fingerprint density at radius 3 is 2.57 bits per heavy atom. The first-order valence-electron chi connectivity index (χ1n) is 7.43. The molecular weight excluding hydrogens is 268 g/mol. The van der Waals surface area contributed by atoms with Gasteiger partial charge in [0.1, 0.15) is 0 Å². The van der Waals surface area contributed by atoms with E-state index in [9.17, 15) is 9.59 Å². The van der Waals surface area contributed by atoms with Crippen LogP contribution in [0.25, 0.3) is 0 Å². The fraction of sp³-hybridized carbons (Fsp3) is 0.500. The van der Waals surface area contributed by atoms with Crippen LogP contribution in [0.15, 0.2) is 24.3 Å². The van der Waals surface area contributed by atoms with Gasteiger partial charge < -0.3 is 15.3 Å². The van der Waals surface area contributed by atoms with Crippen LogP contribution in [0.5, 0.6) is 0 Å². The van der Waals surface area contributed by atoms with Crippen molar-refractivity contribution in [2.75, 3.05) is 19.6 Å². The molecule has 1 aromatic rings. The molecular formula is C16H22N2O3. The first-order chi connectivity index (χ1) is 10.1. The number of carboxylic acid groups (broad SMARTS) is 1. The van der Waals surface area contributed by atoms with Gasteiger partial charge in [-0.3, -0.25) is 4.79 Å². The van der Waals surface area contributed by atoms with E-state index in [0.717, 1.165) is 19.6 Å². The average molecular weight is 290 g/mol. The summed E-state index contributed by atoms with van der Waals surface area (Å²) in [4.78, 5) is 25.4. The van der Waals surface area contributed by atoms with E-state index in [1.807, 2.05) is 6.92 Å². The lowest BCUT2D eigenvalue weighted by Gasteiger charge is -2.29. The standard InChI is InChI=1S/C16H22N2O3/c1-12(11-18-8-3-2-4-9-18)17-15(19)13-6-5-7-14(10-13)16(20)21/h5-7,10,12H,2-4,8-9,11H2,1H3,(H,17,19)(H,20,21). The van der Waals surface area contributed by atoms with Gasteiger partial charge in [0.25, 0.3) is 5.91 Å². The van der Waals surface area contributed by atoms with Gasteiger partial charge in [-0.15, -0.1) is 0 Å². The number of carbonyl (C=O) groups is 2. The van der Waals surface area contributed by atoms with Crippen LogP contribution in [-0.2, 0) is 0 Å². The minimum absolute atomic E-state index is 0.0454. The predicted octanol–water partition coefficient (Wildman–Crippen LogP) is 1.99. The van der Waals surface area contributed by atoms with Gasteiger partial charge in [0.05, 0.1) is 5.56 Å². The van der Waals surface area contributed by atoms with Crippen molar-refractivity contribution in [3.05, 3.63) is 35.4 Å². The van der Waals surface area contributed by atoms with Crippen LogP contribution in [0.4, 0.5) is 0 Å². The minimum Gasteiger partial charge on any atom is -0.478 e. The lowest BCUT2D eigenvalue weighted by molar-refractivity contribution is 0.0697. The van der Waals surface area contributed by atoms with E-state index >= 15 is 0 Å².